The zero-order valence-corrected chi connectivity index (χ0v) is 20.6. The maximum absolute atomic E-state index is 5.61. The number of aryl methyl sites for hydroxylation is 1. The highest BCUT2D eigenvalue weighted by Crippen LogP contribution is 2.37. The molecule has 0 atom stereocenters. The summed E-state index contributed by atoms with van der Waals surface area (Å²) in [5.41, 5.74) is 6.71. The Morgan fingerprint density at radius 3 is 2.19 bits per heavy atom. The van der Waals surface area contributed by atoms with Crippen molar-refractivity contribution < 1.29 is 4.74 Å². The predicted molar refractivity (Wildman–Crippen MR) is 146 cm³/mol. The summed E-state index contributed by atoms with van der Waals surface area (Å²) in [7, 11) is 1.73. The minimum absolute atomic E-state index is 0.869. The lowest BCUT2D eigenvalue weighted by atomic mass is 10.1. The average molecular weight is 476 g/mol. The zero-order chi connectivity index (χ0) is 24.5. The lowest BCUT2D eigenvalue weighted by Crippen LogP contribution is -2.47. The van der Waals surface area contributed by atoms with Crippen molar-refractivity contribution in [2.75, 3.05) is 43.1 Å². The van der Waals surface area contributed by atoms with E-state index >= 15 is 0 Å². The number of para-hydroxylation sites is 2. The number of piperazine rings is 1. The summed E-state index contributed by atoms with van der Waals surface area (Å²) in [5, 5.41) is 1.09. The van der Waals surface area contributed by atoms with Crippen LogP contribution in [0.1, 0.15) is 5.56 Å². The molecule has 0 unspecified atom stereocenters. The lowest BCUT2D eigenvalue weighted by molar-refractivity contribution is 0.413. The fourth-order valence-corrected chi connectivity index (χ4v) is 5.07. The molecule has 1 aliphatic heterocycles. The summed E-state index contributed by atoms with van der Waals surface area (Å²) in [6.07, 6.45) is 3.90. The van der Waals surface area contributed by atoms with Crippen LogP contribution in [0.3, 0.4) is 0 Å². The molecule has 0 saturated carbocycles. The van der Waals surface area contributed by atoms with E-state index in [1.54, 1.807) is 13.4 Å². The highest BCUT2D eigenvalue weighted by Gasteiger charge is 2.25. The van der Waals surface area contributed by atoms with Crippen molar-refractivity contribution in [2.45, 2.75) is 6.92 Å². The number of fused-ring (bicyclic) bond motifs is 1. The molecule has 0 N–H and O–H groups in total. The lowest BCUT2D eigenvalue weighted by Gasteiger charge is -2.37. The molecule has 0 bridgehead atoms. The molecule has 36 heavy (non-hydrogen) atoms. The largest absolute Gasteiger partial charge is 0.495 e. The van der Waals surface area contributed by atoms with Crippen molar-refractivity contribution in [1.82, 2.24) is 14.5 Å². The van der Waals surface area contributed by atoms with Gasteiger partial charge in [-0.25, -0.2) is 9.97 Å². The number of ether oxygens (including phenoxy) is 1. The van der Waals surface area contributed by atoms with E-state index in [4.69, 9.17) is 14.7 Å². The maximum atomic E-state index is 5.61. The number of aromatic nitrogens is 3. The molecule has 0 spiro atoms. The van der Waals surface area contributed by atoms with E-state index in [1.165, 1.54) is 5.56 Å². The number of hydrogen-bond donors (Lipinski definition) is 0. The third-order valence-electron chi connectivity index (χ3n) is 6.96. The van der Waals surface area contributed by atoms with Gasteiger partial charge in [-0.15, -0.1) is 0 Å². The molecule has 0 amide bonds. The van der Waals surface area contributed by atoms with Gasteiger partial charge in [0.1, 0.15) is 17.9 Å². The van der Waals surface area contributed by atoms with Gasteiger partial charge in [-0.3, -0.25) is 0 Å². The van der Waals surface area contributed by atoms with Crippen LogP contribution in [0.2, 0.25) is 0 Å². The van der Waals surface area contributed by atoms with E-state index in [0.717, 1.165) is 71.3 Å². The SMILES string of the molecule is COc1ccccc1N1CCN(c2ncnc3c2c(-c2ccccc2)cn3-c2ccc(C)cc2)CC1. The molecule has 5 aromatic rings. The number of nitrogens with zero attached hydrogens (tertiary/aromatic N) is 5. The first kappa shape index (κ1) is 22.2. The van der Waals surface area contributed by atoms with Crippen LogP contribution in [0, 0.1) is 6.92 Å². The second-order valence-electron chi connectivity index (χ2n) is 9.16. The van der Waals surface area contributed by atoms with Gasteiger partial charge in [0.25, 0.3) is 0 Å². The van der Waals surface area contributed by atoms with Gasteiger partial charge < -0.3 is 19.1 Å². The fraction of sp³-hybridized carbons (Fsp3) is 0.200. The third kappa shape index (κ3) is 3.94. The first-order chi connectivity index (χ1) is 17.7. The van der Waals surface area contributed by atoms with Crippen LogP contribution in [0.15, 0.2) is 91.4 Å². The minimum atomic E-state index is 0.869. The smallest absolute Gasteiger partial charge is 0.150 e. The van der Waals surface area contributed by atoms with Crippen LogP contribution >= 0.6 is 0 Å². The highest BCUT2D eigenvalue weighted by molar-refractivity contribution is 6.02. The number of rotatable bonds is 5. The molecule has 6 nitrogen and oxygen atoms in total. The van der Waals surface area contributed by atoms with Crippen LogP contribution in [0.25, 0.3) is 27.8 Å². The minimum Gasteiger partial charge on any atom is -0.495 e. The van der Waals surface area contributed by atoms with Crippen molar-refractivity contribution in [1.29, 1.82) is 0 Å². The fourth-order valence-electron chi connectivity index (χ4n) is 5.07. The summed E-state index contributed by atoms with van der Waals surface area (Å²) < 4.78 is 7.79. The zero-order valence-electron chi connectivity index (χ0n) is 20.6. The summed E-state index contributed by atoms with van der Waals surface area (Å²) in [4.78, 5) is 14.4. The first-order valence-electron chi connectivity index (χ1n) is 12.3. The second kappa shape index (κ2) is 9.38. The molecule has 1 saturated heterocycles. The molecular weight excluding hydrogens is 446 g/mol. The van der Waals surface area contributed by atoms with Crippen LogP contribution in [-0.2, 0) is 0 Å². The Morgan fingerprint density at radius 1 is 0.750 bits per heavy atom. The third-order valence-corrected chi connectivity index (χ3v) is 6.96. The van der Waals surface area contributed by atoms with Gasteiger partial charge in [0.05, 0.1) is 18.2 Å². The van der Waals surface area contributed by atoms with Crippen molar-refractivity contribution in [3.05, 3.63) is 97.0 Å². The van der Waals surface area contributed by atoms with Crippen LogP contribution in [0.5, 0.6) is 5.75 Å². The standard InChI is InChI=1S/C30H29N5O/c1-22-12-14-24(15-13-22)35-20-25(23-8-4-3-5-9-23)28-29(31-21-32-30(28)35)34-18-16-33(17-19-34)26-10-6-7-11-27(26)36-2/h3-15,20-21H,16-19H2,1-2H3. The number of anilines is 2. The first-order valence-corrected chi connectivity index (χ1v) is 12.3. The number of methoxy groups -OCH3 is 1. The van der Waals surface area contributed by atoms with Crippen LogP contribution < -0.4 is 14.5 Å². The Labute approximate surface area is 211 Å². The predicted octanol–water partition coefficient (Wildman–Crippen LogP) is 5.73. The van der Waals surface area contributed by atoms with E-state index in [2.05, 4.69) is 94.2 Å². The molecule has 1 aliphatic rings. The van der Waals surface area contributed by atoms with Gasteiger partial charge >= 0.3 is 0 Å². The Balaban J connectivity index is 1.41. The molecule has 0 aliphatic carbocycles. The molecule has 0 radical (unpaired) electrons. The van der Waals surface area contributed by atoms with E-state index in [-0.39, 0.29) is 0 Å². The molecule has 180 valence electrons. The van der Waals surface area contributed by atoms with E-state index in [9.17, 15) is 0 Å². The van der Waals surface area contributed by atoms with Crippen LogP contribution in [0.4, 0.5) is 11.5 Å². The van der Waals surface area contributed by atoms with Crippen LogP contribution in [-0.4, -0.2) is 47.8 Å². The Bertz CT molecular complexity index is 1490. The topological polar surface area (TPSA) is 46.4 Å². The summed E-state index contributed by atoms with van der Waals surface area (Å²) >= 11 is 0. The summed E-state index contributed by atoms with van der Waals surface area (Å²) in [5.74, 6) is 1.90. The van der Waals surface area contributed by atoms with Crippen molar-refractivity contribution >= 4 is 22.5 Å². The molecule has 6 heteroatoms. The molecule has 3 heterocycles. The summed E-state index contributed by atoms with van der Waals surface area (Å²) in [6.45, 7) is 5.64. The van der Waals surface area contributed by atoms with Gasteiger partial charge in [0.2, 0.25) is 0 Å². The number of hydrogen-bond acceptors (Lipinski definition) is 5. The Kier molecular flexibility index (Phi) is 5.77. The number of benzene rings is 3. The van der Waals surface area contributed by atoms with Gasteiger partial charge in [-0.1, -0.05) is 60.2 Å². The van der Waals surface area contributed by atoms with Gasteiger partial charge in [-0.05, 0) is 36.8 Å². The summed E-state index contributed by atoms with van der Waals surface area (Å²) in [6, 6.07) is 27.4. The van der Waals surface area contributed by atoms with E-state index < -0.39 is 0 Å². The molecular formula is C30H29N5O. The average Bonchev–Trinajstić information content (AvgIpc) is 3.34. The highest BCUT2D eigenvalue weighted by atomic mass is 16.5. The van der Waals surface area contributed by atoms with E-state index in [1.807, 2.05) is 12.1 Å². The van der Waals surface area contributed by atoms with Crippen molar-refractivity contribution in [3.8, 4) is 22.6 Å². The Hall–Kier alpha value is -4.32. The molecule has 1 fully saturated rings. The molecule has 2 aromatic heterocycles. The monoisotopic (exact) mass is 475 g/mol. The van der Waals surface area contributed by atoms with Gasteiger partial charge in [-0.2, -0.15) is 0 Å². The molecule has 6 rings (SSSR count). The van der Waals surface area contributed by atoms with Crippen molar-refractivity contribution in [3.63, 3.8) is 0 Å². The quantitative estimate of drug-likeness (QED) is 0.325. The van der Waals surface area contributed by atoms with Crippen molar-refractivity contribution in [2.24, 2.45) is 0 Å². The van der Waals surface area contributed by atoms with Gasteiger partial charge in [0, 0.05) is 43.6 Å². The van der Waals surface area contributed by atoms with Gasteiger partial charge in [0.15, 0.2) is 5.65 Å². The second-order valence-corrected chi connectivity index (χ2v) is 9.16. The normalized spacial score (nSPS) is 13.8. The maximum Gasteiger partial charge on any atom is 0.150 e. The molecule has 3 aromatic carbocycles. The van der Waals surface area contributed by atoms with E-state index in [0.29, 0.717) is 0 Å². The Morgan fingerprint density at radius 2 is 1.44 bits per heavy atom.